The topological polar surface area (TPSA) is 3.24 Å². The number of hydrogen-bond donors (Lipinski definition) is 0. The number of alkyl halides is 1. The highest BCUT2D eigenvalue weighted by molar-refractivity contribution is 6.21. The maximum atomic E-state index is 6.56. The summed E-state index contributed by atoms with van der Waals surface area (Å²) < 4.78 is 0. The van der Waals surface area contributed by atoms with E-state index >= 15 is 0 Å². The monoisotopic (exact) mass is 279 g/mol. The molecule has 0 saturated carbocycles. The molecule has 1 aromatic carbocycles. The van der Waals surface area contributed by atoms with Gasteiger partial charge in [-0.05, 0) is 42.5 Å². The van der Waals surface area contributed by atoms with Gasteiger partial charge >= 0.3 is 0 Å². The molecule has 1 unspecified atom stereocenters. The quantitative estimate of drug-likeness (QED) is 0.722. The Labute approximate surface area is 123 Å². The minimum absolute atomic E-state index is 0.118. The van der Waals surface area contributed by atoms with Gasteiger partial charge in [-0.1, -0.05) is 51.5 Å². The van der Waals surface area contributed by atoms with Crippen molar-refractivity contribution >= 4 is 11.6 Å². The number of rotatable bonds is 3. The third kappa shape index (κ3) is 4.22. The molecule has 1 aliphatic rings. The van der Waals surface area contributed by atoms with E-state index in [0.29, 0.717) is 0 Å². The van der Waals surface area contributed by atoms with Gasteiger partial charge in [0.1, 0.15) is 0 Å². The zero-order valence-corrected chi connectivity index (χ0v) is 13.2. The molecule has 0 spiro atoms. The molecule has 1 fully saturated rings. The molecule has 1 heterocycles. The van der Waals surface area contributed by atoms with E-state index in [2.05, 4.69) is 49.9 Å². The van der Waals surface area contributed by atoms with Crippen LogP contribution in [0.4, 0.5) is 0 Å². The van der Waals surface area contributed by atoms with Crippen LogP contribution in [-0.4, -0.2) is 24.5 Å². The molecule has 0 amide bonds. The summed E-state index contributed by atoms with van der Waals surface area (Å²) in [4.78, 5) is 2.50. The Kier molecular flexibility index (Phi) is 4.92. The summed E-state index contributed by atoms with van der Waals surface area (Å²) >= 11 is 6.56. The van der Waals surface area contributed by atoms with Crippen LogP contribution in [0.1, 0.15) is 56.5 Å². The van der Waals surface area contributed by atoms with Crippen LogP contribution in [0.3, 0.4) is 0 Å². The van der Waals surface area contributed by atoms with Crippen LogP contribution in [0.25, 0.3) is 0 Å². The van der Waals surface area contributed by atoms with E-state index in [0.717, 1.165) is 6.54 Å². The van der Waals surface area contributed by atoms with E-state index < -0.39 is 0 Å². The van der Waals surface area contributed by atoms with Gasteiger partial charge in [0.15, 0.2) is 0 Å². The van der Waals surface area contributed by atoms with E-state index in [9.17, 15) is 0 Å². The Morgan fingerprint density at radius 1 is 1.05 bits per heavy atom. The van der Waals surface area contributed by atoms with E-state index in [1.807, 2.05) is 0 Å². The lowest BCUT2D eigenvalue weighted by Crippen LogP contribution is -2.32. The second-order valence-corrected chi connectivity index (χ2v) is 7.23. The van der Waals surface area contributed by atoms with Crippen molar-refractivity contribution in [1.29, 1.82) is 0 Å². The average Bonchev–Trinajstić information content (AvgIpc) is 2.39. The first kappa shape index (κ1) is 14.9. The zero-order chi connectivity index (χ0) is 13.9. The Morgan fingerprint density at radius 3 is 2.16 bits per heavy atom. The van der Waals surface area contributed by atoms with Crippen molar-refractivity contribution in [3.8, 4) is 0 Å². The van der Waals surface area contributed by atoms with Gasteiger partial charge in [0.2, 0.25) is 0 Å². The van der Waals surface area contributed by atoms with Crippen molar-refractivity contribution in [2.24, 2.45) is 0 Å². The molecule has 19 heavy (non-hydrogen) atoms. The maximum Gasteiger partial charge on any atom is 0.0712 e. The zero-order valence-electron chi connectivity index (χ0n) is 12.5. The minimum Gasteiger partial charge on any atom is -0.302 e. The molecule has 0 aliphatic carbocycles. The molecule has 1 aliphatic heterocycles. The summed E-state index contributed by atoms with van der Waals surface area (Å²) in [5, 5.41) is 0.118. The first-order valence-electron chi connectivity index (χ1n) is 7.44. The minimum atomic E-state index is 0.118. The predicted octanol–water partition coefficient (Wildman–Crippen LogP) is 4.75. The summed E-state index contributed by atoms with van der Waals surface area (Å²) in [7, 11) is 0. The van der Waals surface area contributed by atoms with Crippen LogP contribution in [0.2, 0.25) is 0 Å². The number of hydrogen-bond acceptors (Lipinski definition) is 1. The maximum absolute atomic E-state index is 6.56. The molecule has 0 bridgehead atoms. The lowest BCUT2D eigenvalue weighted by atomic mass is 9.86. The van der Waals surface area contributed by atoms with Gasteiger partial charge in [0.05, 0.1) is 5.38 Å². The normalized spacial score (nSPS) is 19.4. The molecular formula is C17H26ClN. The van der Waals surface area contributed by atoms with Crippen molar-refractivity contribution in [3.63, 3.8) is 0 Å². The Balaban J connectivity index is 1.97. The van der Waals surface area contributed by atoms with Gasteiger partial charge in [0, 0.05) is 6.54 Å². The number of halogens is 1. The lowest BCUT2D eigenvalue weighted by Gasteiger charge is -2.28. The molecule has 0 N–H and O–H groups in total. The molecule has 0 radical (unpaired) electrons. The molecule has 1 atom stereocenters. The van der Waals surface area contributed by atoms with E-state index in [4.69, 9.17) is 11.6 Å². The Bertz CT molecular complexity index is 385. The molecule has 106 valence electrons. The molecule has 0 aromatic heterocycles. The second kappa shape index (κ2) is 6.28. The fourth-order valence-electron chi connectivity index (χ4n) is 2.67. The second-order valence-electron chi connectivity index (χ2n) is 6.70. The summed E-state index contributed by atoms with van der Waals surface area (Å²) in [6.45, 7) is 10.1. The molecule has 1 nitrogen and oxygen atoms in total. The SMILES string of the molecule is CC(C)(C)c1ccc(C(Cl)CN2CCCCC2)cc1. The highest BCUT2D eigenvalue weighted by Crippen LogP contribution is 2.27. The van der Waals surface area contributed by atoms with Gasteiger partial charge in [-0.15, -0.1) is 11.6 Å². The molecule has 1 aromatic rings. The van der Waals surface area contributed by atoms with Crippen molar-refractivity contribution in [2.75, 3.05) is 19.6 Å². The van der Waals surface area contributed by atoms with E-state index in [-0.39, 0.29) is 10.8 Å². The van der Waals surface area contributed by atoms with E-state index in [1.165, 1.54) is 43.5 Å². The molecule has 2 heteroatoms. The first-order chi connectivity index (χ1) is 8.97. The largest absolute Gasteiger partial charge is 0.302 e. The van der Waals surface area contributed by atoms with Crippen LogP contribution >= 0.6 is 11.6 Å². The summed E-state index contributed by atoms with van der Waals surface area (Å²) in [5.41, 5.74) is 2.84. The smallest absolute Gasteiger partial charge is 0.0712 e. The van der Waals surface area contributed by atoms with Crippen molar-refractivity contribution in [1.82, 2.24) is 4.90 Å². The summed E-state index contributed by atoms with van der Waals surface area (Å²) in [6, 6.07) is 8.84. The van der Waals surface area contributed by atoms with Gasteiger partial charge < -0.3 is 4.90 Å². The van der Waals surface area contributed by atoms with Gasteiger partial charge in [-0.2, -0.15) is 0 Å². The van der Waals surface area contributed by atoms with Crippen molar-refractivity contribution in [2.45, 2.75) is 50.8 Å². The molecule has 1 saturated heterocycles. The average molecular weight is 280 g/mol. The fourth-order valence-corrected chi connectivity index (χ4v) is 3.01. The number of benzene rings is 1. The Hall–Kier alpha value is -0.530. The number of piperidine rings is 1. The Morgan fingerprint density at radius 2 is 1.63 bits per heavy atom. The standard InChI is InChI=1S/C17H26ClN/c1-17(2,3)15-9-7-14(8-10-15)16(18)13-19-11-5-4-6-12-19/h7-10,16H,4-6,11-13H2,1-3H3. The van der Waals surface area contributed by atoms with Crippen LogP contribution in [0.5, 0.6) is 0 Å². The van der Waals surface area contributed by atoms with Crippen molar-refractivity contribution in [3.05, 3.63) is 35.4 Å². The molecular weight excluding hydrogens is 254 g/mol. The highest BCUT2D eigenvalue weighted by atomic mass is 35.5. The predicted molar refractivity (Wildman–Crippen MR) is 84.0 cm³/mol. The number of likely N-dealkylation sites (tertiary alicyclic amines) is 1. The van der Waals surface area contributed by atoms with Crippen molar-refractivity contribution < 1.29 is 0 Å². The third-order valence-corrected chi connectivity index (χ3v) is 4.40. The van der Waals surface area contributed by atoms with Gasteiger partial charge in [-0.3, -0.25) is 0 Å². The summed E-state index contributed by atoms with van der Waals surface area (Å²) in [6.07, 6.45) is 4.03. The van der Waals surface area contributed by atoms with Gasteiger partial charge in [0.25, 0.3) is 0 Å². The lowest BCUT2D eigenvalue weighted by molar-refractivity contribution is 0.229. The van der Waals surface area contributed by atoms with Gasteiger partial charge in [-0.25, -0.2) is 0 Å². The summed E-state index contributed by atoms with van der Waals surface area (Å²) in [5.74, 6) is 0. The van der Waals surface area contributed by atoms with Crippen LogP contribution in [0, 0.1) is 0 Å². The van der Waals surface area contributed by atoms with Crippen LogP contribution in [0.15, 0.2) is 24.3 Å². The fraction of sp³-hybridized carbons (Fsp3) is 0.647. The van der Waals surface area contributed by atoms with E-state index in [1.54, 1.807) is 0 Å². The van der Waals surface area contributed by atoms with Crippen LogP contribution < -0.4 is 0 Å². The first-order valence-corrected chi connectivity index (χ1v) is 7.87. The number of nitrogens with zero attached hydrogens (tertiary/aromatic N) is 1. The molecule has 2 rings (SSSR count). The highest BCUT2D eigenvalue weighted by Gasteiger charge is 2.17. The van der Waals surface area contributed by atoms with Crippen LogP contribution in [-0.2, 0) is 5.41 Å². The third-order valence-electron chi connectivity index (χ3n) is 4.01.